The van der Waals surface area contributed by atoms with Gasteiger partial charge < -0.3 is 14.6 Å². The van der Waals surface area contributed by atoms with Crippen molar-refractivity contribution in [2.24, 2.45) is 0 Å². The van der Waals surface area contributed by atoms with Gasteiger partial charge in [0.2, 0.25) is 0 Å². The molecule has 1 N–H and O–H groups in total. The summed E-state index contributed by atoms with van der Waals surface area (Å²) in [6, 6.07) is 0. The fourth-order valence-corrected chi connectivity index (χ4v) is 4.39. The van der Waals surface area contributed by atoms with E-state index in [2.05, 4.69) is 13.8 Å². The van der Waals surface area contributed by atoms with Gasteiger partial charge in [-0.2, -0.15) is 0 Å². The van der Waals surface area contributed by atoms with Gasteiger partial charge in [-0.15, -0.1) is 0 Å². The number of ether oxygens (including phenoxy) is 2. The predicted molar refractivity (Wildman–Crippen MR) is 145 cm³/mol. The first-order valence-electron chi connectivity index (χ1n) is 15.1. The summed E-state index contributed by atoms with van der Waals surface area (Å²) in [6.07, 6.45) is 28.4. The van der Waals surface area contributed by atoms with Gasteiger partial charge in [0.25, 0.3) is 0 Å². The molecule has 0 bridgehead atoms. The van der Waals surface area contributed by atoms with Crippen LogP contribution in [0.4, 0.5) is 0 Å². The van der Waals surface area contributed by atoms with E-state index in [4.69, 9.17) is 9.47 Å². The Hall–Kier alpha value is -0.610. The first-order chi connectivity index (χ1) is 16.7. The third-order valence-electron chi connectivity index (χ3n) is 6.68. The molecule has 0 spiro atoms. The molecule has 0 aliphatic carbocycles. The molecule has 34 heavy (non-hydrogen) atoms. The van der Waals surface area contributed by atoms with E-state index >= 15 is 0 Å². The number of hydrogen-bond donors (Lipinski definition) is 1. The summed E-state index contributed by atoms with van der Waals surface area (Å²) in [4.78, 5) is 12.0. The van der Waals surface area contributed by atoms with Crippen LogP contribution in [-0.2, 0) is 14.3 Å². The highest BCUT2D eigenvalue weighted by atomic mass is 16.6. The number of carbonyl (C=O) groups is 1. The molecule has 0 saturated heterocycles. The van der Waals surface area contributed by atoms with Gasteiger partial charge in [-0.05, 0) is 12.8 Å². The van der Waals surface area contributed by atoms with Crippen LogP contribution < -0.4 is 0 Å². The second-order valence-electron chi connectivity index (χ2n) is 10.2. The van der Waals surface area contributed by atoms with Crippen LogP contribution in [0, 0.1) is 0 Å². The van der Waals surface area contributed by atoms with Crippen LogP contribution >= 0.6 is 0 Å². The quantitative estimate of drug-likeness (QED) is 0.0889. The first-order valence-corrected chi connectivity index (χ1v) is 15.1. The number of esters is 1. The van der Waals surface area contributed by atoms with Gasteiger partial charge in [0.05, 0.1) is 13.2 Å². The highest BCUT2D eigenvalue weighted by Crippen LogP contribution is 2.14. The summed E-state index contributed by atoms with van der Waals surface area (Å²) in [5.74, 6) is -0.200. The third-order valence-corrected chi connectivity index (χ3v) is 6.68. The van der Waals surface area contributed by atoms with Crippen molar-refractivity contribution in [3.8, 4) is 0 Å². The predicted octanol–water partition coefficient (Wildman–Crippen LogP) is 8.92. The molecule has 0 heterocycles. The lowest BCUT2D eigenvalue weighted by Crippen LogP contribution is -2.27. The number of unbranched alkanes of at least 4 members (excludes halogenated alkanes) is 20. The smallest absolute Gasteiger partial charge is 0.306 e. The van der Waals surface area contributed by atoms with Gasteiger partial charge in [0, 0.05) is 13.0 Å². The highest BCUT2D eigenvalue weighted by Gasteiger charge is 2.13. The molecule has 0 saturated carbocycles. The molecule has 0 fully saturated rings. The molecule has 0 aromatic carbocycles. The van der Waals surface area contributed by atoms with E-state index in [9.17, 15) is 9.90 Å². The zero-order chi connectivity index (χ0) is 25.0. The van der Waals surface area contributed by atoms with Crippen molar-refractivity contribution in [2.45, 2.75) is 168 Å². The maximum Gasteiger partial charge on any atom is 0.306 e. The molecule has 0 aromatic rings. The minimum Gasteiger partial charge on any atom is -0.457 e. The Bertz CT molecular complexity index is 399. The first kappa shape index (κ1) is 33.4. The molecule has 0 radical (unpaired) electrons. The van der Waals surface area contributed by atoms with Crippen LogP contribution in [0.15, 0.2) is 0 Å². The maximum atomic E-state index is 12.0. The highest BCUT2D eigenvalue weighted by molar-refractivity contribution is 5.69. The molecule has 0 amide bonds. The van der Waals surface area contributed by atoms with Crippen LogP contribution in [0.1, 0.15) is 162 Å². The molecule has 0 aromatic heterocycles. The lowest BCUT2D eigenvalue weighted by Gasteiger charge is -2.16. The molecule has 0 aliphatic rings. The van der Waals surface area contributed by atoms with Crippen molar-refractivity contribution in [1.29, 1.82) is 0 Å². The van der Waals surface area contributed by atoms with Crippen LogP contribution in [0.3, 0.4) is 0 Å². The average Bonchev–Trinajstić information content (AvgIpc) is 2.84. The molecule has 4 nitrogen and oxygen atoms in total. The van der Waals surface area contributed by atoms with Gasteiger partial charge in [-0.3, -0.25) is 4.79 Å². The second-order valence-corrected chi connectivity index (χ2v) is 10.2. The Morgan fingerprint density at radius 1 is 0.588 bits per heavy atom. The zero-order valence-corrected chi connectivity index (χ0v) is 23.1. The van der Waals surface area contributed by atoms with E-state index in [0.717, 1.165) is 19.3 Å². The van der Waals surface area contributed by atoms with Gasteiger partial charge in [-0.1, -0.05) is 142 Å². The summed E-state index contributed by atoms with van der Waals surface area (Å²) >= 11 is 0. The minimum absolute atomic E-state index is 0.165. The lowest BCUT2D eigenvalue weighted by molar-refractivity contribution is -0.154. The number of hydrogen-bond acceptors (Lipinski definition) is 4. The van der Waals surface area contributed by atoms with Gasteiger partial charge in [0.15, 0.2) is 0 Å². The maximum absolute atomic E-state index is 12.0. The molecular formula is C30H60O4. The monoisotopic (exact) mass is 484 g/mol. The zero-order valence-electron chi connectivity index (χ0n) is 23.1. The molecule has 0 aliphatic heterocycles. The molecular weight excluding hydrogens is 424 g/mol. The molecule has 204 valence electrons. The van der Waals surface area contributed by atoms with Crippen molar-refractivity contribution in [2.75, 3.05) is 19.8 Å². The molecule has 4 heteroatoms. The van der Waals surface area contributed by atoms with Crippen LogP contribution in [0.5, 0.6) is 0 Å². The van der Waals surface area contributed by atoms with Gasteiger partial charge in [0.1, 0.15) is 6.10 Å². The van der Waals surface area contributed by atoms with Crippen molar-refractivity contribution in [1.82, 2.24) is 0 Å². The van der Waals surface area contributed by atoms with E-state index in [-0.39, 0.29) is 12.6 Å². The molecule has 1 unspecified atom stereocenters. The SMILES string of the molecule is CCCCCCCCCCCCCCCCC(=O)OC(CO)COCCCCCCCCCC. The minimum atomic E-state index is -0.520. The second kappa shape index (κ2) is 28.6. The number of aliphatic hydroxyl groups excluding tert-OH is 1. The summed E-state index contributed by atoms with van der Waals surface area (Å²) < 4.78 is 11.0. The largest absolute Gasteiger partial charge is 0.457 e. The molecule has 1 atom stereocenters. The van der Waals surface area contributed by atoms with Crippen LogP contribution in [0.25, 0.3) is 0 Å². The average molecular weight is 485 g/mol. The van der Waals surface area contributed by atoms with Crippen molar-refractivity contribution >= 4 is 5.97 Å². The van der Waals surface area contributed by atoms with E-state index in [0.29, 0.717) is 19.6 Å². The Morgan fingerprint density at radius 3 is 1.38 bits per heavy atom. The lowest BCUT2D eigenvalue weighted by atomic mass is 10.0. The van der Waals surface area contributed by atoms with Gasteiger partial charge >= 0.3 is 5.97 Å². The van der Waals surface area contributed by atoms with E-state index < -0.39 is 6.10 Å². The van der Waals surface area contributed by atoms with Crippen molar-refractivity contribution in [3.63, 3.8) is 0 Å². The Morgan fingerprint density at radius 2 is 0.971 bits per heavy atom. The van der Waals surface area contributed by atoms with Gasteiger partial charge in [-0.25, -0.2) is 0 Å². The fraction of sp³-hybridized carbons (Fsp3) is 0.967. The van der Waals surface area contributed by atoms with E-state index in [1.165, 1.54) is 122 Å². The summed E-state index contributed by atoms with van der Waals surface area (Å²) in [5, 5.41) is 9.46. The number of rotatable bonds is 28. The van der Waals surface area contributed by atoms with Crippen molar-refractivity contribution < 1.29 is 19.4 Å². The molecule has 0 rings (SSSR count). The Balaban J connectivity index is 3.41. The fourth-order valence-electron chi connectivity index (χ4n) is 4.39. The third kappa shape index (κ3) is 26.0. The Labute approximate surface area is 213 Å². The standard InChI is InChI=1S/C30H60O4/c1-3-5-7-9-11-13-14-15-16-17-18-19-21-23-25-30(32)34-29(27-31)28-33-26-24-22-20-12-10-8-6-4-2/h29,31H,3-28H2,1-2H3. The van der Waals surface area contributed by atoms with Crippen LogP contribution in [0.2, 0.25) is 0 Å². The Kier molecular flexibility index (Phi) is 28.1. The van der Waals surface area contributed by atoms with E-state index in [1.54, 1.807) is 0 Å². The van der Waals surface area contributed by atoms with E-state index in [1.807, 2.05) is 0 Å². The normalized spacial score (nSPS) is 12.2. The number of aliphatic hydroxyl groups is 1. The number of carbonyl (C=O) groups excluding carboxylic acids is 1. The summed E-state index contributed by atoms with van der Waals surface area (Å²) in [6.45, 7) is 5.34. The topological polar surface area (TPSA) is 55.8 Å². The van der Waals surface area contributed by atoms with Crippen LogP contribution in [-0.4, -0.2) is 37.0 Å². The van der Waals surface area contributed by atoms with Crippen molar-refractivity contribution in [3.05, 3.63) is 0 Å². The summed E-state index contributed by atoms with van der Waals surface area (Å²) in [5.41, 5.74) is 0. The summed E-state index contributed by atoms with van der Waals surface area (Å²) in [7, 11) is 0.